The van der Waals surface area contributed by atoms with Gasteiger partial charge in [0, 0.05) is 13.5 Å². The third-order valence-corrected chi connectivity index (χ3v) is 2.76. The average Bonchev–Trinajstić information content (AvgIpc) is 2.77. The van der Waals surface area contributed by atoms with E-state index in [1.807, 2.05) is 0 Å². The van der Waals surface area contributed by atoms with Crippen molar-refractivity contribution >= 4 is 11.9 Å². The second-order valence-electron chi connectivity index (χ2n) is 4.23. The summed E-state index contributed by atoms with van der Waals surface area (Å²) in [5.74, 6) is -1.28. The third kappa shape index (κ3) is 3.02. The number of hydrogen-bond donors (Lipinski definition) is 1. The molecular formula is C10H16N4O3. The Morgan fingerprint density at radius 2 is 2.12 bits per heavy atom. The molecule has 0 radical (unpaired) electrons. The molecule has 0 saturated carbocycles. The van der Waals surface area contributed by atoms with Gasteiger partial charge in [-0.1, -0.05) is 0 Å². The zero-order valence-electron chi connectivity index (χ0n) is 10.1. The topological polar surface area (TPSA) is 88.3 Å². The summed E-state index contributed by atoms with van der Waals surface area (Å²) in [7, 11) is 1.48. The second kappa shape index (κ2) is 4.94. The van der Waals surface area contributed by atoms with E-state index in [1.165, 1.54) is 43.1 Å². The molecule has 0 aromatic carbocycles. The number of aromatic nitrogens is 3. The number of rotatable bonds is 5. The van der Waals surface area contributed by atoms with Gasteiger partial charge in [0.1, 0.15) is 18.2 Å². The van der Waals surface area contributed by atoms with Crippen LogP contribution in [0.25, 0.3) is 0 Å². The molecule has 94 valence electrons. The number of likely N-dealkylation sites (N-methyl/N-ethyl adjacent to an activating group) is 1. The van der Waals surface area contributed by atoms with Gasteiger partial charge in [0.2, 0.25) is 5.91 Å². The van der Waals surface area contributed by atoms with E-state index in [9.17, 15) is 9.59 Å². The number of carboxylic acid groups (broad SMARTS) is 1. The van der Waals surface area contributed by atoms with Gasteiger partial charge in [-0.2, -0.15) is 5.10 Å². The monoisotopic (exact) mass is 240 g/mol. The lowest BCUT2D eigenvalue weighted by Gasteiger charge is -2.31. The Morgan fingerprint density at radius 1 is 1.47 bits per heavy atom. The molecule has 1 aromatic heterocycles. The Balaban J connectivity index is 2.56. The van der Waals surface area contributed by atoms with Gasteiger partial charge >= 0.3 is 5.97 Å². The molecule has 0 unspecified atom stereocenters. The highest BCUT2D eigenvalue weighted by Gasteiger charge is 2.34. The summed E-state index contributed by atoms with van der Waals surface area (Å²) in [6.45, 7) is 3.37. The zero-order valence-corrected chi connectivity index (χ0v) is 10.1. The smallest absolute Gasteiger partial charge is 0.329 e. The van der Waals surface area contributed by atoms with Crippen LogP contribution in [0.2, 0.25) is 0 Å². The van der Waals surface area contributed by atoms with E-state index in [-0.39, 0.29) is 12.3 Å². The fourth-order valence-electron chi connectivity index (χ4n) is 1.18. The Morgan fingerprint density at radius 3 is 2.59 bits per heavy atom. The molecule has 7 heteroatoms. The quantitative estimate of drug-likeness (QED) is 0.782. The van der Waals surface area contributed by atoms with E-state index in [1.54, 1.807) is 0 Å². The number of carbonyl (C=O) groups is 2. The molecule has 1 rings (SSSR count). The number of nitrogens with zero attached hydrogens (tertiary/aromatic N) is 4. The average molecular weight is 240 g/mol. The van der Waals surface area contributed by atoms with Crippen molar-refractivity contribution in [2.24, 2.45) is 0 Å². The van der Waals surface area contributed by atoms with Crippen molar-refractivity contribution in [2.75, 3.05) is 7.05 Å². The van der Waals surface area contributed by atoms with Crippen LogP contribution in [0, 0.1) is 0 Å². The standard InChI is InChI=1S/C10H16N4O3/c1-10(2,9(16)17)13(3)8(15)4-5-14-7-11-6-12-14/h6-7H,4-5H2,1-3H3,(H,16,17). The van der Waals surface area contributed by atoms with E-state index in [0.717, 1.165) is 0 Å². The maximum absolute atomic E-state index is 11.8. The molecule has 0 aliphatic carbocycles. The first-order valence-electron chi connectivity index (χ1n) is 5.18. The van der Waals surface area contributed by atoms with Crippen molar-refractivity contribution in [3.63, 3.8) is 0 Å². The van der Waals surface area contributed by atoms with Crippen molar-refractivity contribution in [2.45, 2.75) is 32.4 Å². The zero-order chi connectivity index (χ0) is 13.1. The van der Waals surface area contributed by atoms with Crippen LogP contribution in [0.1, 0.15) is 20.3 Å². The molecule has 0 atom stereocenters. The fourth-order valence-corrected chi connectivity index (χ4v) is 1.18. The predicted octanol–water partition coefficient (Wildman–Crippen LogP) is -0.0102. The maximum atomic E-state index is 11.8. The summed E-state index contributed by atoms with van der Waals surface area (Å²) >= 11 is 0. The minimum Gasteiger partial charge on any atom is -0.480 e. The molecule has 1 N–H and O–H groups in total. The molecule has 0 aliphatic rings. The lowest BCUT2D eigenvalue weighted by atomic mass is 10.0. The number of amides is 1. The number of carbonyl (C=O) groups excluding carboxylic acids is 1. The van der Waals surface area contributed by atoms with E-state index < -0.39 is 11.5 Å². The Bertz CT molecular complexity index is 400. The Labute approximate surface area is 99.1 Å². The molecule has 7 nitrogen and oxygen atoms in total. The molecule has 1 aromatic rings. The van der Waals surface area contributed by atoms with Gasteiger partial charge in [-0.15, -0.1) is 0 Å². The van der Waals surface area contributed by atoms with Crippen molar-refractivity contribution in [1.29, 1.82) is 0 Å². The van der Waals surface area contributed by atoms with Gasteiger partial charge < -0.3 is 10.0 Å². The SMILES string of the molecule is CN(C(=O)CCn1cncn1)C(C)(C)C(=O)O. The molecule has 0 aliphatic heterocycles. The highest BCUT2D eigenvalue weighted by atomic mass is 16.4. The maximum Gasteiger partial charge on any atom is 0.329 e. The number of carboxylic acids is 1. The summed E-state index contributed by atoms with van der Waals surface area (Å²) in [5.41, 5.74) is -1.21. The van der Waals surface area contributed by atoms with E-state index in [2.05, 4.69) is 10.1 Å². The fraction of sp³-hybridized carbons (Fsp3) is 0.600. The molecule has 0 bridgehead atoms. The number of aliphatic carboxylic acids is 1. The van der Waals surface area contributed by atoms with E-state index in [0.29, 0.717) is 6.54 Å². The highest BCUT2D eigenvalue weighted by Crippen LogP contribution is 2.13. The van der Waals surface area contributed by atoms with Gasteiger partial charge in [0.25, 0.3) is 0 Å². The minimum atomic E-state index is -1.21. The molecule has 1 heterocycles. The second-order valence-corrected chi connectivity index (χ2v) is 4.23. The van der Waals surface area contributed by atoms with Crippen molar-refractivity contribution in [3.8, 4) is 0 Å². The lowest BCUT2D eigenvalue weighted by Crippen LogP contribution is -2.50. The molecule has 0 spiro atoms. The van der Waals surface area contributed by atoms with Crippen LogP contribution in [0.4, 0.5) is 0 Å². The van der Waals surface area contributed by atoms with Crippen molar-refractivity contribution < 1.29 is 14.7 Å². The largest absolute Gasteiger partial charge is 0.480 e. The molecule has 17 heavy (non-hydrogen) atoms. The number of hydrogen-bond acceptors (Lipinski definition) is 4. The van der Waals surface area contributed by atoms with Crippen LogP contribution in [0.3, 0.4) is 0 Å². The molecular weight excluding hydrogens is 224 g/mol. The first-order valence-corrected chi connectivity index (χ1v) is 5.18. The summed E-state index contributed by atoms with van der Waals surface area (Å²) in [4.78, 5) is 27.8. The highest BCUT2D eigenvalue weighted by molar-refractivity contribution is 5.86. The lowest BCUT2D eigenvalue weighted by molar-refractivity contribution is -0.155. The van der Waals surface area contributed by atoms with Crippen LogP contribution in [0.5, 0.6) is 0 Å². The molecule has 0 saturated heterocycles. The molecule has 1 amide bonds. The summed E-state index contributed by atoms with van der Waals surface area (Å²) in [6.07, 6.45) is 3.08. The van der Waals surface area contributed by atoms with Crippen LogP contribution < -0.4 is 0 Å². The van der Waals surface area contributed by atoms with Gasteiger partial charge in [0.05, 0.1) is 6.54 Å². The van der Waals surface area contributed by atoms with Crippen molar-refractivity contribution in [1.82, 2.24) is 19.7 Å². The summed E-state index contributed by atoms with van der Waals surface area (Å²) in [6, 6.07) is 0. The molecule has 0 fully saturated rings. The van der Waals surface area contributed by atoms with Gasteiger partial charge in [-0.3, -0.25) is 9.48 Å². The summed E-state index contributed by atoms with van der Waals surface area (Å²) in [5, 5.41) is 12.9. The van der Waals surface area contributed by atoms with Gasteiger partial charge in [0.15, 0.2) is 0 Å². The van der Waals surface area contributed by atoms with Crippen molar-refractivity contribution in [3.05, 3.63) is 12.7 Å². The van der Waals surface area contributed by atoms with Gasteiger partial charge in [-0.25, -0.2) is 9.78 Å². The van der Waals surface area contributed by atoms with E-state index >= 15 is 0 Å². The van der Waals surface area contributed by atoms with Gasteiger partial charge in [-0.05, 0) is 13.8 Å². The first kappa shape index (κ1) is 13.1. The summed E-state index contributed by atoms with van der Waals surface area (Å²) < 4.78 is 1.53. The van der Waals surface area contributed by atoms with Crippen LogP contribution >= 0.6 is 0 Å². The number of aryl methyl sites for hydroxylation is 1. The Kier molecular flexibility index (Phi) is 3.82. The van der Waals surface area contributed by atoms with Crippen LogP contribution in [-0.2, 0) is 16.1 Å². The third-order valence-electron chi connectivity index (χ3n) is 2.76. The predicted molar refractivity (Wildman–Crippen MR) is 59.1 cm³/mol. The normalized spacial score (nSPS) is 11.2. The van der Waals surface area contributed by atoms with Crippen LogP contribution in [0.15, 0.2) is 12.7 Å². The first-order chi connectivity index (χ1) is 7.85. The van der Waals surface area contributed by atoms with E-state index in [4.69, 9.17) is 5.11 Å². The minimum absolute atomic E-state index is 0.191. The van der Waals surface area contributed by atoms with Crippen LogP contribution in [-0.4, -0.2) is 49.2 Å². The Hall–Kier alpha value is -1.92.